The van der Waals surface area contributed by atoms with Crippen molar-refractivity contribution in [1.82, 2.24) is 0 Å². The zero-order chi connectivity index (χ0) is 44.1. The molecule has 0 unspecified atom stereocenters. The average molecular weight is 861 g/mol. The van der Waals surface area contributed by atoms with Gasteiger partial charge in [-0.15, -0.1) is 0 Å². The predicted molar refractivity (Wildman–Crippen MR) is 248 cm³/mol. The first kappa shape index (κ1) is 46.1. The Labute approximate surface area is 365 Å². The maximum Gasteiger partial charge on any atom is 0.311 e. The fourth-order valence-electron chi connectivity index (χ4n) is 8.57. The quantitative estimate of drug-likeness (QED) is 0.0895. The van der Waals surface area contributed by atoms with Crippen molar-refractivity contribution in [1.29, 1.82) is 0 Å². The minimum Gasteiger partial charge on any atom is -0.497 e. The highest BCUT2D eigenvalue weighted by Crippen LogP contribution is 2.44. The van der Waals surface area contributed by atoms with Gasteiger partial charge in [-0.1, -0.05) is 175 Å². The van der Waals surface area contributed by atoms with Crippen LogP contribution in [0.3, 0.4) is 0 Å². The summed E-state index contributed by atoms with van der Waals surface area (Å²) in [6, 6.07) is 49.2. The normalized spacial score (nSPS) is 20.2. The van der Waals surface area contributed by atoms with Crippen LogP contribution in [0.25, 0.3) is 0 Å². The molecule has 0 aliphatic carbocycles. The van der Waals surface area contributed by atoms with Crippen molar-refractivity contribution in [2.45, 2.75) is 110 Å². The number of carbonyl (C=O) groups is 1. The van der Waals surface area contributed by atoms with Crippen molar-refractivity contribution >= 4 is 43.4 Å². The molecule has 10 heteroatoms. The molecule has 8 nitrogen and oxygen atoms in total. The maximum absolute atomic E-state index is 13.4. The molecule has 0 saturated carbocycles. The summed E-state index contributed by atoms with van der Waals surface area (Å²) in [4.78, 5) is 13.4. The van der Waals surface area contributed by atoms with Gasteiger partial charge in [0.2, 0.25) is 0 Å². The first-order valence-corrected chi connectivity index (χ1v) is 25.1. The molecule has 1 aliphatic rings. The smallest absolute Gasteiger partial charge is 0.311 e. The van der Waals surface area contributed by atoms with Crippen LogP contribution in [-0.4, -0.2) is 72.1 Å². The van der Waals surface area contributed by atoms with Crippen molar-refractivity contribution < 1.29 is 37.7 Å². The highest BCUT2D eigenvalue weighted by atomic mass is 28.4. The van der Waals surface area contributed by atoms with Gasteiger partial charge in [0.1, 0.15) is 36.8 Å². The van der Waals surface area contributed by atoms with E-state index in [1.165, 1.54) is 0 Å². The largest absolute Gasteiger partial charge is 0.497 e. The van der Waals surface area contributed by atoms with Crippen LogP contribution < -0.4 is 25.5 Å². The van der Waals surface area contributed by atoms with Gasteiger partial charge in [0, 0.05) is 0 Å². The summed E-state index contributed by atoms with van der Waals surface area (Å²) < 4.78 is 41.1. The van der Waals surface area contributed by atoms with E-state index in [4.69, 9.17) is 27.8 Å². The van der Waals surface area contributed by atoms with Crippen molar-refractivity contribution in [2.75, 3.05) is 13.7 Å². The first-order chi connectivity index (χ1) is 28.9. The monoisotopic (exact) mass is 860 g/mol. The first-order valence-electron chi connectivity index (χ1n) is 21.3. The zero-order valence-corrected chi connectivity index (χ0v) is 39.5. The van der Waals surface area contributed by atoms with Gasteiger partial charge in [0.05, 0.1) is 19.1 Å². The van der Waals surface area contributed by atoms with E-state index >= 15 is 0 Å². The third-order valence-electron chi connectivity index (χ3n) is 11.7. The number of carbonyl (C=O) groups excluding carboxylic acids is 1. The van der Waals surface area contributed by atoms with E-state index < -0.39 is 68.8 Å². The average Bonchev–Trinajstić information content (AvgIpc) is 3.24. The molecule has 1 heterocycles. The Morgan fingerprint density at radius 2 is 0.967 bits per heavy atom. The van der Waals surface area contributed by atoms with Crippen molar-refractivity contribution in [3.8, 4) is 5.75 Å². The summed E-state index contributed by atoms with van der Waals surface area (Å²) in [6.07, 6.45) is -5.31. The minimum absolute atomic E-state index is 0.171. The summed E-state index contributed by atoms with van der Waals surface area (Å²) in [7, 11) is -5.12. The van der Waals surface area contributed by atoms with E-state index in [0.29, 0.717) is 0 Å². The summed E-state index contributed by atoms with van der Waals surface area (Å²) in [5.74, 6) is 0.334. The Hall–Kier alpha value is -4.40. The maximum atomic E-state index is 13.4. The Morgan fingerprint density at radius 3 is 1.33 bits per heavy atom. The molecule has 1 N–H and O–H groups in total. The molecule has 0 spiro atoms. The standard InChI is InChI=1S/C51H64O8Si2/c1-49(2,3)48(53)56-36-43-44(55-35-37-31-33-38(54-10)34-32-37)45(58-60(50(4,5)6,39-23-15-11-16-24-39)40-25-17-12-18-26-40)46(47(52)57-43)59-61(51(7,8)9,41-27-19-13-20-28-41)42-29-21-14-22-30-42/h11-34,43-47,52H,35-36H2,1-10H3/t43-,44-,45+,46-,47-/m1/s1. The second kappa shape index (κ2) is 18.9. The molecule has 1 fully saturated rings. The minimum atomic E-state index is -3.39. The van der Waals surface area contributed by atoms with Crippen LogP contribution >= 0.6 is 0 Å². The summed E-state index contributed by atoms with van der Waals surface area (Å²) in [5.41, 5.74) is 0.123. The summed E-state index contributed by atoms with van der Waals surface area (Å²) in [6.45, 7) is 18.7. The number of rotatable bonds is 14. The highest BCUT2D eigenvalue weighted by Gasteiger charge is 2.60. The van der Waals surface area contributed by atoms with E-state index in [-0.39, 0.29) is 13.2 Å². The number of hydrogen-bond acceptors (Lipinski definition) is 8. The van der Waals surface area contributed by atoms with Gasteiger partial charge in [0.25, 0.3) is 16.6 Å². The predicted octanol–water partition coefficient (Wildman–Crippen LogP) is 7.78. The van der Waals surface area contributed by atoms with Crippen LogP contribution in [0.15, 0.2) is 146 Å². The van der Waals surface area contributed by atoms with Gasteiger partial charge in [0.15, 0.2) is 6.29 Å². The second-order valence-electron chi connectivity index (χ2n) is 19.0. The van der Waals surface area contributed by atoms with Crippen molar-refractivity contribution in [3.05, 3.63) is 151 Å². The molecule has 324 valence electrons. The number of esters is 1. The number of hydrogen-bond donors (Lipinski definition) is 1. The molecule has 1 saturated heterocycles. The third-order valence-corrected chi connectivity index (χ3v) is 21.7. The SMILES string of the molecule is COc1ccc(CO[C@H]2[C@H](O[Si](c3ccccc3)(c3ccccc3)C(C)(C)C)[C@@H](O[Si](c3ccccc3)(c3ccccc3)C(C)(C)C)[C@H](O)O[C@@H]2COC(=O)C(C)(C)C)cc1. The number of aliphatic hydroxyl groups excluding tert-OH is 1. The van der Waals surface area contributed by atoms with Crippen molar-refractivity contribution in [2.24, 2.45) is 5.41 Å². The van der Waals surface area contributed by atoms with E-state index in [9.17, 15) is 9.90 Å². The Morgan fingerprint density at radius 1 is 0.574 bits per heavy atom. The lowest BCUT2D eigenvalue weighted by Gasteiger charge is -2.54. The molecule has 0 bridgehead atoms. The fourth-order valence-corrected chi connectivity index (χ4v) is 17.9. The van der Waals surface area contributed by atoms with Crippen LogP contribution in [0.1, 0.15) is 67.9 Å². The van der Waals surface area contributed by atoms with Gasteiger partial charge in [-0.25, -0.2) is 0 Å². The van der Waals surface area contributed by atoms with Crippen LogP contribution in [0.2, 0.25) is 10.1 Å². The fraction of sp³-hybridized carbons (Fsp3) is 0.392. The Kier molecular flexibility index (Phi) is 14.3. The molecule has 6 rings (SSSR count). The highest BCUT2D eigenvalue weighted by molar-refractivity contribution is 7.00. The van der Waals surface area contributed by atoms with Crippen LogP contribution in [-0.2, 0) is 34.5 Å². The molecule has 0 aromatic heterocycles. The van der Waals surface area contributed by atoms with Crippen LogP contribution in [0.4, 0.5) is 0 Å². The summed E-state index contributed by atoms with van der Waals surface area (Å²) in [5, 5.41) is 16.0. The number of methoxy groups -OCH3 is 1. The van der Waals surface area contributed by atoms with E-state index in [1.807, 2.05) is 93.6 Å². The van der Waals surface area contributed by atoms with Crippen LogP contribution in [0.5, 0.6) is 5.75 Å². The van der Waals surface area contributed by atoms with Gasteiger partial charge >= 0.3 is 5.97 Å². The van der Waals surface area contributed by atoms with Gasteiger partial charge in [-0.2, -0.15) is 0 Å². The Bertz CT molecular complexity index is 2050. The van der Waals surface area contributed by atoms with E-state index in [2.05, 4.69) is 114 Å². The number of benzene rings is 5. The lowest BCUT2D eigenvalue weighted by Crippen LogP contribution is -2.75. The molecular formula is C51H64O8Si2. The van der Waals surface area contributed by atoms with Crippen LogP contribution in [0, 0.1) is 5.41 Å². The molecule has 1 aliphatic heterocycles. The van der Waals surface area contributed by atoms with Gasteiger partial charge < -0.3 is 32.9 Å². The molecule has 61 heavy (non-hydrogen) atoms. The van der Waals surface area contributed by atoms with Crippen molar-refractivity contribution in [3.63, 3.8) is 0 Å². The van der Waals surface area contributed by atoms with Gasteiger partial charge in [-0.05, 0) is 69.3 Å². The topological polar surface area (TPSA) is 92.7 Å². The van der Waals surface area contributed by atoms with Gasteiger partial charge in [-0.3, -0.25) is 4.79 Å². The molecular weight excluding hydrogens is 797 g/mol. The molecule has 0 amide bonds. The molecule has 0 radical (unpaired) electrons. The lowest BCUT2D eigenvalue weighted by atomic mass is 9.97. The molecule has 5 atom stereocenters. The molecule has 5 aromatic carbocycles. The van der Waals surface area contributed by atoms with E-state index in [0.717, 1.165) is 32.1 Å². The van der Waals surface area contributed by atoms with E-state index in [1.54, 1.807) is 7.11 Å². The second-order valence-corrected chi connectivity index (χ2v) is 27.5. The zero-order valence-electron chi connectivity index (χ0n) is 37.5. The lowest BCUT2D eigenvalue weighted by molar-refractivity contribution is -0.290. The summed E-state index contributed by atoms with van der Waals surface area (Å²) >= 11 is 0. The molecule has 5 aromatic rings. The number of aliphatic hydroxyl groups is 1. The Balaban J connectivity index is 1.61. The number of ether oxygens (including phenoxy) is 4. The third kappa shape index (κ3) is 9.81.